The fourth-order valence-electron chi connectivity index (χ4n) is 4.12. The van der Waals surface area contributed by atoms with Crippen molar-refractivity contribution >= 4 is 56.9 Å². The number of benzene rings is 3. The van der Waals surface area contributed by atoms with Crippen molar-refractivity contribution in [2.45, 2.75) is 25.3 Å². The molecule has 7 nitrogen and oxygen atoms in total. The third kappa shape index (κ3) is 7.09. The predicted molar refractivity (Wildman–Crippen MR) is 156 cm³/mol. The second kappa shape index (κ2) is 12.4. The third-order valence-corrected chi connectivity index (χ3v) is 8.44. The Morgan fingerprint density at radius 1 is 0.923 bits per heavy atom. The molecule has 0 saturated heterocycles. The van der Waals surface area contributed by atoms with Crippen molar-refractivity contribution < 1.29 is 13.2 Å². The van der Waals surface area contributed by atoms with Crippen LogP contribution in [0.2, 0.25) is 15.1 Å². The Bertz CT molecular complexity index is 1600. The molecule has 1 N–H and O–H groups in total. The lowest BCUT2D eigenvalue weighted by atomic mass is 10.2. The lowest BCUT2D eigenvalue weighted by Crippen LogP contribution is -2.39. The molecular formula is C28H25Cl3N4O3S. The Morgan fingerprint density at radius 3 is 2.21 bits per heavy atom. The van der Waals surface area contributed by atoms with Crippen LogP contribution in [-0.4, -0.2) is 36.0 Å². The molecule has 39 heavy (non-hydrogen) atoms. The van der Waals surface area contributed by atoms with Gasteiger partial charge in [0, 0.05) is 44.3 Å². The largest absolute Gasteiger partial charge is 0.318 e. The summed E-state index contributed by atoms with van der Waals surface area (Å²) in [5.74, 6) is -0.588. The van der Waals surface area contributed by atoms with Gasteiger partial charge in [0.1, 0.15) is 0 Å². The molecule has 0 aliphatic rings. The Kier molecular flexibility index (Phi) is 9.15. The van der Waals surface area contributed by atoms with Crippen molar-refractivity contribution in [2.75, 3.05) is 6.54 Å². The van der Waals surface area contributed by atoms with Crippen LogP contribution in [0, 0.1) is 13.8 Å². The normalized spacial score (nSPS) is 11.8. The van der Waals surface area contributed by atoms with E-state index in [0.717, 1.165) is 32.5 Å². The molecule has 0 spiro atoms. The number of aryl methyl sites for hydroxylation is 1. The highest BCUT2D eigenvalue weighted by atomic mass is 35.5. The number of aromatic nitrogens is 1. The molecule has 202 valence electrons. The number of halogens is 3. The standard InChI is InChI=1S/C28H25Cl3N4O3S/c1-19-12-22(20(2)35(19)26-14-24(30)13-25(31)15-26)16-32-33-28(36)18-34(17-21-6-4-3-5-7-21)39(37,38)27-10-8-23(29)9-11-27/h3-16H,17-18H2,1-2H3,(H,33,36)/b32-16+. The number of carbonyl (C=O) groups is 1. The van der Waals surface area contributed by atoms with Gasteiger partial charge in [-0.25, -0.2) is 13.8 Å². The molecule has 4 aromatic rings. The highest BCUT2D eigenvalue weighted by Gasteiger charge is 2.27. The molecule has 0 atom stereocenters. The van der Waals surface area contributed by atoms with Gasteiger partial charge >= 0.3 is 0 Å². The summed E-state index contributed by atoms with van der Waals surface area (Å²) in [5.41, 5.74) is 6.52. The maximum atomic E-state index is 13.4. The molecule has 0 aliphatic carbocycles. The second-order valence-electron chi connectivity index (χ2n) is 8.80. The Labute approximate surface area is 242 Å². The van der Waals surface area contributed by atoms with Crippen molar-refractivity contribution in [3.05, 3.63) is 116 Å². The summed E-state index contributed by atoms with van der Waals surface area (Å²) in [6.45, 7) is 3.41. The van der Waals surface area contributed by atoms with Crippen LogP contribution in [-0.2, 0) is 21.4 Å². The number of sulfonamides is 1. The minimum atomic E-state index is -4.00. The van der Waals surface area contributed by atoms with Crippen LogP contribution in [0.25, 0.3) is 5.69 Å². The van der Waals surface area contributed by atoms with Gasteiger partial charge in [0.25, 0.3) is 5.91 Å². The second-order valence-corrected chi connectivity index (χ2v) is 12.0. The molecule has 0 aliphatic heterocycles. The fraction of sp³-hybridized carbons (Fsp3) is 0.143. The summed E-state index contributed by atoms with van der Waals surface area (Å²) in [6, 6.07) is 22.0. The number of nitrogens with one attached hydrogen (secondary N) is 1. The average Bonchev–Trinajstić information content (AvgIpc) is 3.16. The molecule has 3 aromatic carbocycles. The van der Waals surface area contributed by atoms with Crippen LogP contribution in [0.1, 0.15) is 22.5 Å². The van der Waals surface area contributed by atoms with E-state index in [4.69, 9.17) is 34.8 Å². The number of hydrogen-bond acceptors (Lipinski definition) is 4. The van der Waals surface area contributed by atoms with Gasteiger partial charge in [0.2, 0.25) is 10.0 Å². The van der Waals surface area contributed by atoms with E-state index in [0.29, 0.717) is 15.1 Å². The van der Waals surface area contributed by atoms with Crippen LogP contribution in [0.15, 0.2) is 88.9 Å². The van der Waals surface area contributed by atoms with Gasteiger partial charge in [-0.3, -0.25) is 4.79 Å². The van der Waals surface area contributed by atoms with Gasteiger partial charge in [-0.1, -0.05) is 65.1 Å². The Morgan fingerprint density at radius 2 is 1.56 bits per heavy atom. The van der Waals surface area contributed by atoms with Gasteiger partial charge in [0.15, 0.2) is 0 Å². The Balaban J connectivity index is 1.52. The smallest absolute Gasteiger partial charge is 0.255 e. The van der Waals surface area contributed by atoms with E-state index in [1.54, 1.807) is 42.5 Å². The summed E-state index contributed by atoms with van der Waals surface area (Å²) >= 11 is 18.3. The number of nitrogens with zero attached hydrogens (tertiary/aromatic N) is 3. The number of carbonyl (C=O) groups excluding carboxylic acids is 1. The van der Waals surface area contributed by atoms with Gasteiger partial charge in [-0.15, -0.1) is 0 Å². The van der Waals surface area contributed by atoms with E-state index in [2.05, 4.69) is 10.5 Å². The molecule has 0 radical (unpaired) electrons. The lowest BCUT2D eigenvalue weighted by Gasteiger charge is -2.21. The van der Waals surface area contributed by atoms with Crippen LogP contribution in [0.5, 0.6) is 0 Å². The van der Waals surface area contributed by atoms with Crippen molar-refractivity contribution in [2.24, 2.45) is 5.10 Å². The SMILES string of the molecule is Cc1cc(/C=N/NC(=O)CN(Cc2ccccc2)S(=O)(=O)c2ccc(Cl)cc2)c(C)n1-c1cc(Cl)cc(Cl)c1. The highest BCUT2D eigenvalue weighted by molar-refractivity contribution is 7.89. The summed E-state index contributed by atoms with van der Waals surface area (Å²) < 4.78 is 29.9. The predicted octanol–water partition coefficient (Wildman–Crippen LogP) is 6.40. The molecule has 0 unspecified atom stereocenters. The lowest BCUT2D eigenvalue weighted by molar-refractivity contribution is -0.121. The van der Waals surface area contributed by atoms with Crippen LogP contribution >= 0.6 is 34.8 Å². The summed E-state index contributed by atoms with van der Waals surface area (Å²) in [6.07, 6.45) is 1.51. The quantitative estimate of drug-likeness (QED) is 0.178. The minimum Gasteiger partial charge on any atom is -0.318 e. The zero-order valence-corrected chi connectivity index (χ0v) is 24.2. The molecule has 1 aromatic heterocycles. The van der Waals surface area contributed by atoms with Gasteiger partial charge in [0.05, 0.1) is 17.7 Å². The van der Waals surface area contributed by atoms with E-state index in [9.17, 15) is 13.2 Å². The van der Waals surface area contributed by atoms with Crippen molar-refractivity contribution in [1.82, 2.24) is 14.3 Å². The van der Waals surface area contributed by atoms with E-state index >= 15 is 0 Å². The topological polar surface area (TPSA) is 83.8 Å². The first-order valence-electron chi connectivity index (χ1n) is 11.8. The first-order valence-corrected chi connectivity index (χ1v) is 14.4. The minimum absolute atomic E-state index is 0.00623. The van der Waals surface area contributed by atoms with Crippen LogP contribution in [0.4, 0.5) is 0 Å². The van der Waals surface area contributed by atoms with E-state index < -0.39 is 22.5 Å². The summed E-state index contributed by atoms with van der Waals surface area (Å²) in [4.78, 5) is 12.9. The van der Waals surface area contributed by atoms with Gasteiger partial charge < -0.3 is 4.57 Å². The molecule has 0 saturated carbocycles. The summed E-state index contributed by atoms with van der Waals surface area (Å²) in [7, 11) is -4.00. The zero-order chi connectivity index (χ0) is 28.2. The monoisotopic (exact) mass is 602 g/mol. The Hall–Kier alpha value is -3.14. The molecular weight excluding hydrogens is 579 g/mol. The van der Waals surface area contributed by atoms with E-state index in [1.807, 2.05) is 30.5 Å². The maximum absolute atomic E-state index is 13.4. The molecule has 11 heteroatoms. The van der Waals surface area contributed by atoms with Crippen molar-refractivity contribution in [1.29, 1.82) is 0 Å². The average molecular weight is 604 g/mol. The van der Waals surface area contributed by atoms with E-state index in [-0.39, 0.29) is 11.4 Å². The summed E-state index contributed by atoms with van der Waals surface area (Å²) in [5, 5.41) is 5.52. The number of rotatable bonds is 9. The number of hydrazone groups is 1. The van der Waals surface area contributed by atoms with Crippen molar-refractivity contribution in [3.8, 4) is 5.69 Å². The number of amides is 1. The van der Waals surface area contributed by atoms with E-state index in [1.165, 1.54) is 30.5 Å². The molecule has 4 rings (SSSR count). The molecule has 0 bridgehead atoms. The van der Waals surface area contributed by atoms with Crippen molar-refractivity contribution in [3.63, 3.8) is 0 Å². The molecule has 1 amide bonds. The first kappa shape index (κ1) is 28.9. The number of hydrogen-bond donors (Lipinski definition) is 1. The molecule has 0 fully saturated rings. The van der Waals surface area contributed by atoms with Gasteiger partial charge in [-0.2, -0.15) is 9.41 Å². The molecule has 1 heterocycles. The first-order chi connectivity index (χ1) is 18.5. The van der Waals surface area contributed by atoms with Gasteiger partial charge in [-0.05, 0) is 67.9 Å². The maximum Gasteiger partial charge on any atom is 0.255 e. The zero-order valence-electron chi connectivity index (χ0n) is 21.1. The third-order valence-electron chi connectivity index (χ3n) is 5.94. The van der Waals surface area contributed by atoms with Crippen LogP contribution in [0.3, 0.4) is 0 Å². The van der Waals surface area contributed by atoms with Crippen LogP contribution < -0.4 is 5.43 Å². The fourth-order valence-corrected chi connectivity index (χ4v) is 6.15. The highest BCUT2D eigenvalue weighted by Crippen LogP contribution is 2.26.